The lowest BCUT2D eigenvalue weighted by atomic mass is 10.4. The SMILES string of the molecule is Cn1cc(S(=O)(=O)Nc2ccnn2C)cc1C(=O)O. The summed E-state index contributed by atoms with van der Waals surface area (Å²) in [5.74, 6) is -0.898. The van der Waals surface area contributed by atoms with Crippen LogP contribution in [0.1, 0.15) is 10.5 Å². The molecule has 2 N–H and O–H groups in total. The van der Waals surface area contributed by atoms with Crippen LogP contribution in [0.2, 0.25) is 0 Å². The molecule has 2 aromatic rings. The molecule has 2 heterocycles. The van der Waals surface area contributed by atoms with E-state index in [2.05, 4.69) is 9.82 Å². The van der Waals surface area contributed by atoms with Gasteiger partial charge in [0.1, 0.15) is 16.4 Å². The van der Waals surface area contributed by atoms with Crippen LogP contribution in [0.5, 0.6) is 0 Å². The first-order chi connectivity index (χ1) is 8.81. The molecule has 102 valence electrons. The number of hydrogen-bond acceptors (Lipinski definition) is 4. The van der Waals surface area contributed by atoms with Crippen molar-refractivity contribution in [1.29, 1.82) is 0 Å². The average Bonchev–Trinajstić information content (AvgIpc) is 2.86. The van der Waals surface area contributed by atoms with Gasteiger partial charge >= 0.3 is 5.97 Å². The number of hydrogen-bond donors (Lipinski definition) is 2. The van der Waals surface area contributed by atoms with E-state index >= 15 is 0 Å². The predicted octanol–water partition coefficient (Wildman–Crippen LogP) is 0.258. The summed E-state index contributed by atoms with van der Waals surface area (Å²) in [6.45, 7) is 0. The summed E-state index contributed by atoms with van der Waals surface area (Å²) < 4.78 is 29.1. The van der Waals surface area contributed by atoms with E-state index in [1.165, 1.54) is 34.8 Å². The molecule has 8 nitrogen and oxygen atoms in total. The van der Waals surface area contributed by atoms with Gasteiger partial charge in [-0.15, -0.1) is 0 Å². The minimum Gasteiger partial charge on any atom is -0.477 e. The lowest BCUT2D eigenvalue weighted by Crippen LogP contribution is -2.14. The minimum absolute atomic E-state index is 0.106. The van der Waals surface area contributed by atoms with Gasteiger partial charge in [0.05, 0.1) is 6.20 Å². The lowest BCUT2D eigenvalue weighted by molar-refractivity contribution is 0.0686. The zero-order valence-corrected chi connectivity index (χ0v) is 11.0. The first kappa shape index (κ1) is 13.1. The average molecular weight is 284 g/mol. The molecule has 0 fully saturated rings. The van der Waals surface area contributed by atoms with Crippen LogP contribution in [0.25, 0.3) is 0 Å². The Morgan fingerprint density at radius 1 is 1.42 bits per heavy atom. The number of carbonyl (C=O) groups is 1. The molecule has 19 heavy (non-hydrogen) atoms. The van der Waals surface area contributed by atoms with Gasteiger partial charge in [-0.25, -0.2) is 13.2 Å². The highest BCUT2D eigenvalue weighted by Crippen LogP contribution is 2.17. The Bertz CT molecular complexity index is 729. The number of aromatic carboxylic acids is 1. The molecule has 0 amide bonds. The fourth-order valence-corrected chi connectivity index (χ4v) is 2.72. The second-order valence-electron chi connectivity index (χ2n) is 3.92. The number of nitrogens with one attached hydrogen (secondary N) is 1. The number of carboxylic acids is 1. The molecule has 0 spiro atoms. The molecule has 0 saturated carbocycles. The van der Waals surface area contributed by atoms with Crippen molar-refractivity contribution in [2.75, 3.05) is 4.72 Å². The normalized spacial score (nSPS) is 11.5. The van der Waals surface area contributed by atoms with Crippen LogP contribution in [0, 0.1) is 0 Å². The number of aryl methyl sites for hydroxylation is 2. The highest BCUT2D eigenvalue weighted by Gasteiger charge is 2.21. The molecule has 0 saturated heterocycles. The molecular formula is C10H12N4O4S. The van der Waals surface area contributed by atoms with Gasteiger partial charge in [0.2, 0.25) is 0 Å². The van der Waals surface area contributed by atoms with Crippen molar-refractivity contribution in [3.8, 4) is 0 Å². The maximum Gasteiger partial charge on any atom is 0.352 e. The Morgan fingerprint density at radius 3 is 2.58 bits per heavy atom. The second-order valence-corrected chi connectivity index (χ2v) is 5.61. The number of nitrogens with zero attached hydrogens (tertiary/aromatic N) is 3. The Balaban J connectivity index is 2.38. The van der Waals surface area contributed by atoms with Crippen LogP contribution >= 0.6 is 0 Å². The van der Waals surface area contributed by atoms with Crippen molar-refractivity contribution in [1.82, 2.24) is 14.3 Å². The highest BCUT2D eigenvalue weighted by molar-refractivity contribution is 7.92. The van der Waals surface area contributed by atoms with Crippen molar-refractivity contribution < 1.29 is 18.3 Å². The van der Waals surface area contributed by atoms with Crippen LogP contribution in [-0.4, -0.2) is 33.8 Å². The molecule has 0 aliphatic rings. The second kappa shape index (κ2) is 4.43. The van der Waals surface area contributed by atoms with Crippen molar-refractivity contribution in [2.24, 2.45) is 14.1 Å². The number of aromatic nitrogens is 3. The number of carboxylic acid groups (broad SMARTS) is 1. The third kappa shape index (κ3) is 2.45. The molecule has 9 heteroatoms. The van der Waals surface area contributed by atoms with E-state index in [0.29, 0.717) is 5.82 Å². The fourth-order valence-electron chi connectivity index (χ4n) is 1.56. The summed E-state index contributed by atoms with van der Waals surface area (Å²) >= 11 is 0. The van der Waals surface area contributed by atoms with Crippen molar-refractivity contribution in [3.05, 3.63) is 30.2 Å². The Morgan fingerprint density at radius 2 is 2.11 bits per heavy atom. The molecule has 0 aliphatic heterocycles. The number of rotatable bonds is 4. The van der Waals surface area contributed by atoms with E-state index in [9.17, 15) is 13.2 Å². The predicted molar refractivity (Wildman–Crippen MR) is 66.4 cm³/mol. The maximum atomic E-state index is 12.1. The zero-order valence-electron chi connectivity index (χ0n) is 10.2. The smallest absolute Gasteiger partial charge is 0.352 e. The fraction of sp³-hybridized carbons (Fsp3) is 0.200. The molecule has 2 aromatic heterocycles. The maximum absolute atomic E-state index is 12.1. The monoisotopic (exact) mass is 284 g/mol. The summed E-state index contributed by atoms with van der Waals surface area (Å²) in [5, 5.41) is 12.7. The molecule has 0 atom stereocenters. The standard InChI is InChI=1S/C10H12N4O4S/c1-13-6-7(5-8(13)10(15)16)19(17,18)12-9-3-4-11-14(9)2/h3-6,12H,1-2H3,(H,15,16). The molecular weight excluding hydrogens is 272 g/mol. The lowest BCUT2D eigenvalue weighted by Gasteiger charge is -2.05. The van der Waals surface area contributed by atoms with Crippen LogP contribution in [-0.2, 0) is 24.1 Å². The quantitative estimate of drug-likeness (QED) is 0.837. The van der Waals surface area contributed by atoms with Gasteiger partial charge in [0, 0.05) is 26.4 Å². The summed E-state index contributed by atoms with van der Waals surface area (Å²) in [7, 11) is -0.782. The van der Waals surface area contributed by atoms with Crippen molar-refractivity contribution in [3.63, 3.8) is 0 Å². The van der Waals surface area contributed by atoms with Crippen LogP contribution < -0.4 is 4.72 Å². The first-order valence-electron chi connectivity index (χ1n) is 5.22. The highest BCUT2D eigenvalue weighted by atomic mass is 32.2. The summed E-state index contributed by atoms with van der Waals surface area (Å²) in [5.41, 5.74) is -0.106. The van der Waals surface area contributed by atoms with Gasteiger partial charge in [0.25, 0.3) is 10.0 Å². The first-order valence-corrected chi connectivity index (χ1v) is 6.70. The largest absolute Gasteiger partial charge is 0.477 e. The summed E-state index contributed by atoms with van der Waals surface area (Å²) in [4.78, 5) is 10.8. The van der Waals surface area contributed by atoms with Gasteiger partial charge in [-0.05, 0) is 6.07 Å². The van der Waals surface area contributed by atoms with E-state index in [-0.39, 0.29) is 10.6 Å². The van der Waals surface area contributed by atoms with Gasteiger partial charge < -0.3 is 9.67 Å². The van der Waals surface area contributed by atoms with Crippen LogP contribution in [0.15, 0.2) is 29.4 Å². The Kier molecular flexibility index (Phi) is 3.06. The van der Waals surface area contributed by atoms with Gasteiger partial charge in [0.15, 0.2) is 0 Å². The Labute approximate surface area is 109 Å². The van der Waals surface area contributed by atoms with Crippen molar-refractivity contribution in [2.45, 2.75) is 4.90 Å². The third-order valence-corrected chi connectivity index (χ3v) is 3.89. The van der Waals surface area contributed by atoms with E-state index < -0.39 is 16.0 Å². The molecule has 0 aromatic carbocycles. The summed E-state index contributed by atoms with van der Waals surface area (Å²) in [6.07, 6.45) is 2.69. The van der Waals surface area contributed by atoms with E-state index in [4.69, 9.17) is 5.11 Å². The van der Waals surface area contributed by atoms with Gasteiger partial charge in [-0.2, -0.15) is 5.10 Å². The van der Waals surface area contributed by atoms with Gasteiger partial charge in [-0.3, -0.25) is 9.40 Å². The van der Waals surface area contributed by atoms with Crippen LogP contribution in [0.4, 0.5) is 5.82 Å². The van der Waals surface area contributed by atoms with E-state index in [0.717, 1.165) is 6.07 Å². The van der Waals surface area contributed by atoms with E-state index in [1.54, 1.807) is 7.05 Å². The van der Waals surface area contributed by atoms with Crippen LogP contribution in [0.3, 0.4) is 0 Å². The van der Waals surface area contributed by atoms with Crippen molar-refractivity contribution >= 4 is 21.8 Å². The molecule has 0 bridgehead atoms. The zero-order chi connectivity index (χ0) is 14.2. The van der Waals surface area contributed by atoms with E-state index in [1.807, 2.05) is 0 Å². The molecule has 0 radical (unpaired) electrons. The minimum atomic E-state index is -3.84. The summed E-state index contributed by atoms with van der Waals surface area (Å²) in [6, 6.07) is 2.60. The number of sulfonamides is 1. The third-order valence-electron chi connectivity index (χ3n) is 2.57. The Hall–Kier alpha value is -2.29. The topological polar surface area (TPSA) is 106 Å². The number of anilines is 1. The molecule has 2 rings (SSSR count). The molecule has 0 unspecified atom stereocenters. The molecule has 0 aliphatic carbocycles. The van der Waals surface area contributed by atoms with Gasteiger partial charge in [-0.1, -0.05) is 0 Å².